The maximum Gasteiger partial charge on any atom is 0.335 e. The van der Waals surface area contributed by atoms with Crippen LogP contribution < -0.4 is 10.6 Å². The van der Waals surface area contributed by atoms with Crippen molar-refractivity contribution in [3.63, 3.8) is 0 Å². The number of nitrogens with one attached hydrogen (secondary N) is 2. The van der Waals surface area contributed by atoms with Gasteiger partial charge in [0.1, 0.15) is 17.6 Å². The summed E-state index contributed by atoms with van der Waals surface area (Å²) in [6.07, 6.45) is 1.83. The van der Waals surface area contributed by atoms with Crippen molar-refractivity contribution in [1.82, 2.24) is 15.2 Å². The van der Waals surface area contributed by atoms with Gasteiger partial charge in [0.2, 0.25) is 5.91 Å². The monoisotopic (exact) mass is 570 g/mol. The van der Waals surface area contributed by atoms with Crippen LogP contribution in [0, 0.1) is 6.92 Å². The minimum Gasteiger partial charge on any atom is -0.478 e. The Bertz CT molecular complexity index is 1600. The molecular weight excluding hydrogens is 544 g/mol. The number of pyridine rings is 1. The molecule has 2 aromatic carbocycles. The van der Waals surface area contributed by atoms with Crippen LogP contribution in [0.3, 0.4) is 0 Å². The number of nitrogens with zero attached hydrogens (tertiary/aromatic N) is 2. The summed E-state index contributed by atoms with van der Waals surface area (Å²) in [6, 6.07) is 19.4. The first-order chi connectivity index (χ1) is 19.7. The van der Waals surface area contributed by atoms with Gasteiger partial charge in [-0.25, -0.2) is 9.59 Å². The second kappa shape index (κ2) is 11.6. The fourth-order valence-corrected chi connectivity index (χ4v) is 5.12. The highest BCUT2D eigenvalue weighted by Gasteiger charge is 2.41. The number of carbonyl (C=O) groups excluding carboxylic acids is 1. The van der Waals surface area contributed by atoms with Gasteiger partial charge in [-0.15, -0.1) is 0 Å². The van der Waals surface area contributed by atoms with Crippen molar-refractivity contribution in [3.8, 4) is 11.3 Å². The molecule has 11 heteroatoms. The summed E-state index contributed by atoms with van der Waals surface area (Å²) in [5, 5.41) is 25.6. The summed E-state index contributed by atoms with van der Waals surface area (Å²) in [5.41, 5.74) is 2.37. The molecule has 10 nitrogen and oxygen atoms in total. The molecule has 1 amide bonds. The number of anilines is 1. The Morgan fingerprint density at radius 1 is 1.00 bits per heavy atom. The van der Waals surface area contributed by atoms with Crippen LogP contribution in [0.15, 0.2) is 83.4 Å². The van der Waals surface area contributed by atoms with E-state index in [0.717, 1.165) is 17.3 Å². The quantitative estimate of drug-likeness (QED) is 0.202. The number of amides is 1. The topological polar surface area (TPSA) is 145 Å². The van der Waals surface area contributed by atoms with Gasteiger partial charge >= 0.3 is 11.9 Å². The SMILES string of the molecule is Cc1ccccc1NC(=O)CCN1C(=S)N[C@H](c2ccccn2)[C@H]1c1ccc(-c2cc(C(=O)O)cc(C(=O)O)c2)o1. The van der Waals surface area contributed by atoms with Crippen LogP contribution in [0.5, 0.6) is 0 Å². The van der Waals surface area contributed by atoms with E-state index in [9.17, 15) is 24.6 Å². The highest BCUT2D eigenvalue weighted by atomic mass is 32.1. The third-order valence-corrected chi connectivity index (χ3v) is 7.18. The van der Waals surface area contributed by atoms with E-state index in [2.05, 4.69) is 15.6 Å². The lowest BCUT2D eigenvalue weighted by molar-refractivity contribution is -0.116. The summed E-state index contributed by atoms with van der Waals surface area (Å²) in [6.45, 7) is 2.20. The fourth-order valence-electron chi connectivity index (χ4n) is 4.79. The van der Waals surface area contributed by atoms with Gasteiger partial charge in [-0.05, 0) is 73.2 Å². The van der Waals surface area contributed by atoms with E-state index in [1.165, 1.54) is 12.1 Å². The van der Waals surface area contributed by atoms with Crippen LogP contribution in [-0.4, -0.2) is 49.6 Å². The number of carbonyl (C=O) groups is 3. The molecule has 1 aliphatic heterocycles. The zero-order valence-corrected chi connectivity index (χ0v) is 22.7. The minimum absolute atomic E-state index is 0.151. The number of aromatic carboxylic acids is 2. The van der Waals surface area contributed by atoms with Crippen LogP contribution in [0.25, 0.3) is 11.3 Å². The zero-order valence-electron chi connectivity index (χ0n) is 21.9. The minimum atomic E-state index is -1.25. The summed E-state index contributed by atoms with van der Waals surface area (Å²) in [7, 11) is 0. The highest BCUT2D eigenvalue weighted by Crippen LogP contribution is 2.40. The van der Waals surface area contributed by atoms with E-state index in [0.29, 0.717) is 27.9 Å². The summed E-state index contributed by atoms with van der Waals surface area (Å²) < 4.78 is 6.22. The smallest absolute Gasteiger partial charge is 0.335 e. The Balaban J connectivity index is 1.45. The molecule has 41 heavy (non-hydrogen) atoms. The van der Waals surface area contributed by atoms with E-state index in [-0.39, 0.29) is 30.0 Å². The summed E-state index contributed by atoms with van der Waals surface area (Å²) in [5.74, 6) is -1.90. The predicted octanol–water partition coefficient (Wildman–Crippen LogP) is 5.05. The lowest BCUT2D eigenvalue weighted by Crippen LogP contribution is -2.32. The Labute approximate surface area is 240 Å². The van der Waals surface area contributed by atoms with Crippen molar-refractivity contribution < 1.29 is 29.0 Å². The number of para-hydroxylation sites is 1. The molecule has 208 valence electrons. The molecule has 4 aromatic rings. The van der Waals surface area contributed by atoms with Crippen molar-refractivity contribution in [1.29, 1.82) is 0 Å². The van der Waals surface area contributed by atoms with E-state index >= 15 is 0 Å². The molecule has 0 bridgehead atoms. The Kier molecular flexibility index (Phi) is 7.79. The van der Waals surface area contributed by atoms with E-state index < -0.39 is 24.0 Å². The first kappa shape index (κ1) is 27.5. The lowest BCUT2D eigenvalue weighted by atomic mass is 10.0. The van der Waals surface area contributed by atoms with Crippen molar-refractivity contribution in [2.24, 2.45) is 0 Å². The summed E-state index contributed by atoms with van der Waals surface area (Å²) in [4.78, 5) is 42.5. The molecule has 5 rings (SSSR count). The number of hydrogen-bond donors (Lipinski definition) is 4. The van der Waals surface area contributed by atoms with Crippen molar-refractivity contribution >= 4 is 40.9 Å². The average Bonchev–Trinajstić information content (AvgIpc) is 3.58. The summed E-state index contributed by atoms with van der Waals surface area (Å²) >= 11 is 5.67. The molecule has 0 spiro atoms. The second-order valence-corrected chi connectivity index (χ2v) is 9.93. The number of benzene rings is 2. The molecule has 1 saturated heterocycles. The van der Waals surface area contributed by atoms with Gasteiger partial charge in [0.05, 0.1) is 22.9 Å². The molecule has 1 fully saturated rings. The highest BCUT2D eigenvalue weighted by molar-refractivity contribution is 7.80. The van der Waals surface area contributed by atoms with E-state index in [4.69, 9.17) is 16.6 Å². The molecule has 0 unspecified atom stereocenters. The third-order valence-electron chi connectivity index (χ3n) is 6.83. The molecule has 0 saturated carbocycles. The molecular formula is C30H26N4O6S. The van der Waals surface area contributed by atoms with Gasteiger partial charge in [-0.2, -0.15) is 0 Å². The number of hydrogen-bond acceptors (Lipinski definition) is 6. The Hall–Kier alpha value is -5.03. The van der Waals surface area contributed by atoms with Gasteiger partial charge in [0.15, 0.2) is 5.11 Å². The molecule has 0 aliphatic carbocycles. The number of carboxylic acids is 2. The zero-order chi connectivity index (χ0) is 29.1. The van der Waals surface area contributed by atoms with Crippen LogP contribution in [0.4, 0.5) is 5.69 Å². The first-order valence-electron chi connectivity index (χ1n) is 12.8. The maximum atomic E-state index is 12.9. The van der Waals surface area contributed by atoms with Gasteiger partial charge in [-0.1, -0.05) is 24.3 Å². The van der Waals surface area contributed by atoms with E-state index in [1.807, 2.05) is 48.2 Å². The van der Waals surface area contributed by atoms with Crippen molar-refractivity contribution in [3.05, 3.63) is 107 Å². The Morgan fingerprint density at radius 3 is 2.37 bits per heavy atom. The third kappa shape index (κ3) is 5.94. The van der Waals surface area contributed by atoms with Gasteiger partial charge < -0.3 is 30.2 Å². The number of aromatic nitrogens is 1. The maximum absolute atomic E-state index is 12.9. The molecule has 4 N–H and O–H groups in total. The molecule has 2 atom stereocenters. The Morgan fingerprint density at radius 2 is 1.71 bits per heavy atom. The number of thiocarbonyl (C=S) groups is 1. The lowest BCUT2D eigenvalue weighted by Gasteiger charge is -2.26. The van der Waals surface area contributed by atoms with Crippen LogP contribution >= 0.6 is 12.2 Å². The normalized spacial score (nSPS) is 16.3. The van der Waals surface area contributed by atoms with Gasteiger partial charge in [0, 0.05) is 30.4 Å². The molecule has 3 heterocycles. The fraction of sp³-hybridized carbons (Fsp3) is 0.167. The molecule has 2 aromatic heterocycles. The predicted molar refractivity (Wildman–Crippen MR) is 155 cm³/mol. The largest absolute Gasteiger partial charge is 0.478 e. The standard InChI is InChI=1S/C30H26N4O6S/c1-17-6-2-3-7-21(17)32-25(35)11-13-34-27(26(33-30(34)41)22-8-4-5-12-31-22)24-10-9-23(40-24)18-14-19(28(36)37)16-20(15-18)29(38)39/h2-10,12,14-16,26-27H,11,13H2,1H3,(H,32,35)(H,33,41)(H,36,37)(H,38,39)/t26-,27-/m1/s1. The first-order valence-corrected chi connectivity index (χ1v) is 13.2. The molecule has 1 aliphatic rings. The van der Waals surface area contributed by atoms with Crippen molar-refractivity contribution in [2.45, 2.75) is 25.4 Å². The number of furan rings is 1. The number of rotatable bonds is 9. The van der Waals surface area contributed by atoms with Crippen molar-refractivity contribution in [2.75, 3.05) is 11.9 Å². The van der Waals surface area contributed by atoms with Gasteiger partial charge in [-0.3, -0.25) is 9.78 Å². The van der Waals surface area contributed by atoms with Crippen LogP contribution in [-0.2, 0) is 4.79 Å². The molecule has 0 radical (unpaired) electrons. The second-order valence-electron chi connectivity index (χ2n) is 9.54. The number of aryl methyl sites for hydroxylation is 1. The average molecular weight is 571 g/mol. The van der Waals surface area contributed by atoms with Crippen LogP contribution in [0.1, 0.15) is 56.2 Å². The van der Waals surface area contributed by atoms with Gasteiger partial charge in [0.25, 0.3) is 0 Å². The number of carboxylic acid groups (broad SMARTS) is 2. The van der Waals surface area contributed by atoms with Crippen LogP contribution in [0.2, 0.25) is 0 Å². The van der Waals surface area contributed by atoms with E-state index in [1.54, 1.807) is 24.4 Å².